The van der Waals surface area contributed by atoms with Crippen LogP contribution in [0.4, 0.5) is 5.82 Å². The number of hydrogen-bond acceptors (Lipinski definition) is 6. The first-order chi connectivity index (χ1) is 14.4. The molecule has 4 aromatic rings. The van der Waals surface area contributed by atoms with E-state index in [2.05, 4.69) is 25.4 Å². The van der Waals surface area contributed by atoms with Crippen LogP contribution >= 0.6 is 0 Å². The molecule has 0 radical (unpaired) electrons. The summed E-state index contributed by atoms with van der Waals surface area (Å²) in [6, 6.07) is 7.52. The molecule has 10 nitrogen and oxygen atoms in total. The first-order valence-electron chi connectivity index (χ1n) is 9.41. The smallest absolute Gasteiger partial charge is 0.267 e. The van der Waals surface area contributed by atoms with Crippen LogP contribution in [-0.2, 0) is 11.3 Å². The molecule has 0 unspecified atom stereocenters. The average Bonchev–Trinajstić information content (AvgIpc) is 3.33. The van der Waals surface area contributed by atoms with Crippen molar-refractivity contribution in [3.8, 4) is 11.3 Å². The molecule has 30 heavy (non-hydrogen) atoms. The molecule has 2 amide bonds. The zero-order chi connectivity index (χ0) is 21.4. The summed E-state index contributed by atoms with van der Waals surface area (Å²) < 4.78 is 1.68. The van der Waals surface area contributed by atoms with Gasteiger partial charge in [0.1, 0.15) is 23.5 Å². The fraction of sp³-hybridized carbons (Fsp3) is 0.250. The summed E-state index contributed by atoms with van der Waals surface area (Å²) in [6.45, 7) is 0.371. The molecule has 3 aromatic heterocycles. The zero-order valence-electron chi connectivity index (χ0n) is 16.9. The fourth-order valence-electron chi connectivity index (χ4n) is 3.34. The number of nitrogens with two attached hydrogens (primary N) is 1. The number of amides is 2. The number of hydrogen-bond donors (Lipinski definition) is 3. The second-order valence-corrected chi connectivity index (χ2v) is 7.13. The molecule has 0 atom stereocenters. The topological polar surface area (TPSA) is 135 Å². The lowest BCUT2D eigenvalue weighted by Gasteiger charge is -2.09. The van der Waals surface area contributed by atoms with Crippen LogP contribution < -0.4 is 11.1 Å². The number of anilines is 1. The highest BCUT2D eigenvalue weighted by Crippen LogP contribution is 2.32. The predicted molar refractivity (Wildman–Crippen MR) is 114 cm³/mol. The number of aryl methyl sites for hydroxylation is 1. The van der Waals surface area contributed by atoms with Gasteiger partial charge >= 0.3 is 0 Å². The maximum absolute atomic E-state index is 12.0. The van der Waals surface area contributed by atoms with Crippen molar-refractivity contribution in [1.29, 1.82) is 0 Å². The van der Waals surface area contributed by atoms with Gasteiger partial charge in [-0.3, -0.25) is 9.59 Å². The Balaban J connectivity index is 1.80. The highest BCUT2D eigenvalue weighted by molar-refractivity contribution is 6.02. The summed E-state index contributed by atoms with van der Waals surface area (Å²) in [6.07, 6.45) is 1.68. The number of H-pyrrole nitrogens is 1. The molecular weight excluding hydrogens is 384 g/mol. The number of carbonyl (C=O) groups is 2. The fourth-order valence-corrected chi connectivity index (χ4v) is 3.34. The van der Waals surface area contributed by atoms with Crippen molar-refractivity contribution in [2.45, 2.75) is 13.0 Å². The van der Waals surface area contributed by atoms with Crippen LogP contribution in [0.3, 0.4) is 0 Å². The minimum Gasteiger partial charge on any atom is -0.383 e. The summed E-state index contributed by atoms with van der Waals surface area (Å²) in [5.41, 5.74) is 9.42. The molecule has 10 heteroatoms. The van der Waals surface area contributed by atoms with Crippen molar-refractivity contribution < 1.29 is 9.59 Å². The molecular formula is C20H22N8O2. The SMILES string of the molecule is CNC(=O)c1cc2ccc(-c3nn(CCC(=O)N(C)C)c4ncnc(N)c34)cc2[nH]1. The maximum atomic E-state index is 12.0. The molecule has 0 aliphatic carbocycles. The first kappa shape index (κ1) is 19.4. The van der Waals surface area contributed by atoms with Crippen LogP contribution in [0, 0.1) is 0 Å². The van der Waals surface area contributed by atoms with E-state index in [0.717, 1.165) is 16.5 Å². The van der Waals surface area contributed by atoms with Crippen LogP contribution in [0.25, 0.3) is 33.2 Å². The monoisotopic (exact) mass is 406 g/mol. The highest BCUT2D eigenvalue weighted by Gasteiger charge is 2.19. The number of rotatable bonds is 5. The van der Waals surface area contributed by atoms with Gasteiger partial charge in [0.15, 0.2) is 5.65 Å². The van der Waals surface area contributed by atoms with Crippen LogP contribution in [-0.4, -0.2) is 62.6 Å². The number of nitrogen functional groups attached to an aromatic ring is 1. The van der Waals surface area contributed by atoms with Gasteiger partial charge in [-0.15, -0.1) is 0 Å². The average molecular weight is 406 g/mol. The van der Waals surface area contributed by atoms with E-state index >= 15 is 0 Å². The predicted octanol–water partition coefficient (Wildman–Crippen LogP) is 1.39. The van der Waals surface area contributed by atoms with Crippen molar-refractivity contribution in [3.05, 3.63) is 36.3 Å². The summed E-state index contributed by atoms with van der Waals surface area (Å²) in [7, 11) is 5.02. The third kappa shape index (κ3) is 3.32. The van der Waals surface area contributed by atoms with Crippen molar-refractivity contribution in [2.24, 2.45) is 0 Å². The van der Waals surface area contributed by atoms with Gasteiger partial charge in [0, 0.05) is 44.0 Å². The van der Waals surface area contributed by atoms with E-state index in [1.807, 2.05) is 18.2 Å². The Labute approximate surface area is 172 Å². The minimum absolute atomic E-state index is 0.00300. The Hall–Kier alpha value is -3.95. The van der Waals surface area contributed by atoms with Crippen LogP contribution in [0.1, 0.15) is 16.9 Å². The molecule has 0 saturated heterocycles. The van der Waals surface area contributed by atoms with Gasteiger partial charge in [-0.05, 0) is 12.1 Å². The van der Waals surface area contributed by atoms with Gasteiger partial charge < -0.3 is 20.9 Å². The third-order valence-electron chi connectivity index (χ3n) is 4.96. The number of benzene rings is 1. The van der Waals surface area contributed by atoms with Crippen molar-refractivity contribution in [2.75, 3.05) is 26.9 Å². The Kier molecular flexibility index (Phi) is 4.82. The van der Waals surface area contributed by atoms with E-state index in [4.69, 9.17) is 5.73 Å². The molecule has 3 heterocycles. The van der Waals surface area contributed by atoms with Crippen LogP contribution in [0.5, 0.6) is 0 Å². The lowest BCUT2D eigenvalue weighted by molar-refractivity contribution is -0.128. The Morgan fingerprint density at radius 2 is 2.03 bits per heavy atom. The second kappa shape index (κ2) is 7.47. The van der Waals surface area contributed by atoms with Crippen LogP contribution in [0.2, 0.25) is 0 Å². The van der Waals surface area contributed by atoms with E-state index in [-0.39, 0.29) is 18.2 Å². The van der Waals surface area contributed by atoms with Gasteiger partial charge in [0.25, 0.3) is 5.91 Å². The summed E-state index contributed by atoms with van der Waals surface area (Å²) in [4.78, 5) is 37.0. The third-order valence-corrected chi connectivity index (χ3v) is 4.96. The molecule has 0 aliphatic rings. The lowest BCUT2D eigenvalue weighted by atomic mass is 10.1. The van der Waals surface area contributed by atoms with Gasteiger partial charge in [-0.1, -0.05) is 12.1 Å². The summed E-state index contributed by atoms with van der Waals surface area (Å²) >= 11 is 0. The number of aromatic amines is 1. The minimum atomic E-state index is -0.189. The normalized spacial score (nSPS) is 11.2. The molecule has 4 rings (SSSR count). The molecule has 4 N–H and O–H groups in total. The van der Waals surface area contributed by atoms with Crippen molar-refractivity contribution in [1.82, 2.24) is 34.9 Å². The largest absolute Gasteiger partial charge is 0.383 e. The van der Waals surface area contributed by atoms with Gasteiger partial charge in [0.2, 0.25) is 5.91 Å². The van der Waals surface area contributed by atoms with E-state index in [9.17, 15) is 9.59 Å². The highest BCUT2D eigenvalue weighted by atomic mass is 16.2. The maximum Gasteiger partial charge on any atom is 0.267 e. The number of nitrogens with zero attached hydrogens (tertiary/aromatic N) is 5. The lowest BCUT2D eigenvalue weighted by Crippen LogP contribution is -2.23. The molecule has 0 saturated carbocycles. The molecule has 0 aliphatic heterocycles. The first-order valence-corrected chi connectivity index (χ1v) is 9.41. The second-order valence-electron chi connectivity index (χ2n) is 7.13. The molecule has 0 fully saturated rings. The van der Waals surface area contributed by atoms with Gasteiger partial charge in [-0.2, -0.15) is 5.10 Å². The van der Waals surface area contributed by atoms with Gasteiger partial charge in [-0.25, -0.2) is 14.6 Å². The van der Waals surface area contributed by atoms with E-state index in [0.29, 0.717) is 34.8 Å². The van der Waals surface area contributed by atoms with E-state index in [1.165, 1.54) is 6.33 Å². The Morgan fingerprint density at radius 3 is 2.77 bits per heavy atom. The summed E-state index contributed by atoms with van der Waals surface area (Å²) in [5.74, 6) is 0.125. The Morgan fingerprint density at radius 1 is 1.23 bits per heavy atom. The Bertz CT molecular complexity index is 1270. The molecule has 1 aromatic carbocycles. The number of aromatic nitrogens is 5. The standard InChI is InChI=1S/C20H22N8O2/c1-22-20(30)14-8-11-4-5-12(9-13(11)25-14)17-16-18(21)23-10-24-19(16)28(26-17)7-6-15(29)27(2)3/h4-5,8-10,25H,6-7H2,1-3H3,(H,22,30)(H2,21,23,24). The summed E-state index contributed by atoms with van der Waals surface area (Å²) in [5, 5.41) is 8.83. The van der Waals surface area contributed by atoms with E-state index < -0.39 is 0 Å². The molecule has 0 spiro atoms. The number of fused-ring (bicyclic) bond motifs is 2. The van der Waals surface area contributed by atoms with Crippen molar-refractivity contribution >= 4 is 39.6 Å². The quantitative estimate of drug-likeness (QED) is 0.458. The van der Waals surface area contributed by atoms with E-state index in [1.54, 1.807) is 36.8 Å². The van der Waals surface area contributed by atoms with Crippen molar-refractivity contribution in [3.63, 3.8) is 0 Å². The number of carbonyl (C=O) groups excluding carboxylic acids is 2. The molecule has 0 bridgehead atoms. The van der Waals surface area contributed by atoms with Gasteiger partial charge in [0.05, 0.1) is 11.9 Å². The van der Waals surface area contributed by atoms with Crippen LogP contribution in [0.15, 0.2) is 30.6 Å². The number of nitrogens with one attached hydrogen (secondary N) is 2. The molecule has 154 valence electrons. The zero-order valence-corrected chi connectivity index (χ0v) is 16.9.